The van der Waals surface area contributed by atoms with Crippen LogP contribution in [-0.2, 0) is 14.3 Å². The number of benzene rings is 1. The summed E-state index contributed by atoms with van der Waals surface area (Å²) in [5.41, 5.74) is 0.686. The van der Waals surface area contributed by atoms with Crippen molar-refractivity contribution in [3.63, 3.8) is 0 Å². The van der Waals surface area contributed by atoms with Gasteiger partial charge >= 0.3 is 5.97 Å². The second-order valence-corrected chi connectivity index (χ2v) is 7.41. The van der Waals surface area contributed by atoms with Crippen LogP contribution in [0.15, 0.2) is 36.2 Å². The van der Waals surface area contributed by atoms with Crippen LogP contribution >= 0.6 is 43.6 Å². The number of thioether (sulfide) groups is 1. The molecule has 144 valence electrons. The second kappa shape index (κ2) is 9.90. The van der Waals surface area contributed by atoms with E-state index in [4.69, 9.17) is 9.47 Å². The number of hydrogen-bond acceptors (Lipinski definition) is 8. The maximum Gasteiger partial charge on any atom is 0.331 e. The van der Waals surface area contributed by atoms with Gasteiger partial charge in [0.2, 0.25) is 0 Å². The molecule has 27 heavy (non-hydrogen) atoms. The normalized spacial score (nSPS) is 16.9. The van der Waals surface area contributed by atoms with Crippen LogP contribution in [0.4, 0.5) is 0 Å². The number of carbonyl (C=O) groups excluding carboxylic acids is 2. The van der Waals surface area contributed by atoms with Crippen molar-refractivity contribution in [3.8, 4) is 11.5 Å². The standard InChI is InChI=1S/C16H15Br2N3O5S/c1-4-26-14-9(24-2)5-8(12(17)13(14)18)7-19-21-16-20-15(23)10(27-16)6-11(22)25-3/h5-7H,4H2,1-3H3,(H,20,21,23)/b10-6+,19-7?. The van der Waals surface area contributed by atoms with Gasteiger partial charge in [-0.3, -0.25) is 10.1 Å². The van der Waals surface area contributed by atoms with Crippen molar-refractivity contribution in [2.45, 2.75) is 6.92 Å². The average Bonchev–Trinajstić information content (AvgIpc) is 3.00. The molecule has 1 amide bonds. The van der Waals surface area contributed by atoms with Gasteiger partial charge in [0.1, 0.15) is 0 Å². The van der Waals surface area contributed by atoms with Gasteiger partial charge in [-0.25, -0.2) is 4.79 Å². The van der Waals surface area contributed by atoms with Crippen molar-refractivity contribution in [1.29, 1.82) is 0 Å². The molecule has 0 spiro atoms. The Balaban J connectivity index is 2.23. The van der Waals surface area contributed by atoms with Gasteiger partial charge in [-0.05, 0) is 56.6 Å². The Kier molecular flexibility index (Phi) is 7.87. The van der Waals surface area contributed by atoms with Crippen LogP contribution in [0.1, 0.15) is 12.5 Å². The molecule has 0 aromatic heterocycles. The first-order valence-electron chi connectivity index (χ1n) is 7.49. The summed E-state index contributed by atoms with van der Waals surface area (Å²) in [4.78, 5) is 23.2. The zero-order valence-corrected chi connectivity index (χ0v) is 18.5. The summed E-state index contributed by atoms with van der Waals surface area (Å²) in [5.74, 6) is 0.0538. The van der Waals surface area contributed by atoms with E-state index >= 15 is 0 Å². The number of ether oxygens (including phenoxy) is 3. The van der Waals surface area contributed by atoms with Crippen LogP contribution in [0.5, 0.6) is 11.5 Å². The van der Waals surface area contributed by atoms with E-state index in [2.05, 4.69) is 52.1 Å². The first-order chi connectivity index (χ1) is 12.9. The van der Waals surface area contributed by atoms with Crippen LogP contribution in [0.3, 0.4) is 0 Å². The van der Waals surface area contributed by atoms with Crippen LogP contribution in [0.25, 0.3) is 0 Å². The first-order valence-corrected chi connectivity index (χ1v) is 9.90. The molecule has 8 nitrogen and oxygen atoms in total. The van der Waals surface area contributed by atoms with Crippen LogP contribution in [0, 0.1) is 0 Å². The van der Waals surface area contributed by atoms with E-state index in [9.17, 15) is 9.59 Å². The van der Waals surface area contributed by atoms with E-state index in [-0.39, 0.29) is 10.1 Å². The third kappa shape index (κ3) is 5.33. The SMILES string of the molecule is CCOc1c(OC)cc(C=N/N=C2/NC(=O)/C(=C\C(=O)OC)S2)c(Br)c1Br. The topological polar surface area (TPSA) is 98.6 Å². The third-order valence-electron chi connectivity index (χ3n) is 3.11. The van der Waals surface area contributed by atoms with Crippen molar-refractivity contribution < 1.29 is 23.8 Å². The minimum absolute atomic E-state index is 0.183. The molecule has 1 aromatic carbocycles. The molecule has 1 N–H and O–H groups in total. The number of halogens is 2. The van der Waals surface area contributed by atoms with Gasteiger partial charge in [0, 0.05) is 16.1 Å². The van der Waals surface area contributed by atoms with Crippen molar-refractivity contribution in [3.05, 3.63) is 31.6 Å². The first kappa shape index (κ1) is 21.5. The number of hydrogen-bond donors (Lipinski definition) is 1. The zero-order chi connectivity index (χ0) is 20.0. The van der Waals surface area contributed by atoms with Crippen molar-refractivity contribution >= 4 is 66.9 Å². The predicted octanol–water partition coefficient (Wildman–Crippen LogP) is 3.23. The van der Waals surface area contributed by atoms with E-state index in [0.29, 0.717) is 32.6 Å². The Hall–Kier alpha value is -1.85. The monoisotopic (exact) mass is 519 g/mol. The number of nitrogens with zero attached hydrogens (tertiary/aromatic N) is 2. The van der Waals surface area contributed by atoms with Crippen molar-refractivity contribution in [1.82, 2.24) is 5.32 Å². The number of amidine groups is 1. The third-order valence-corrected chi connectivity index (χ3v) is 6.15. The Morgan fingerprint density at radius 1 is 1.33 bits per heavy atom. The summed E-state index contributed by atoms with van der Waals surface area (Å²) in [5, 5.41) is 10.7. The van der Waals surface area contributed by atoms with Crippen LogP contribution in [0.2, 0.25) is 0 Å². The summed E-state index contributed by atoms with van der Waals surface area (Å²) < 4.78 is 16.8. The van der Waals surface area contributed by atoms with E-state index in [1.54, 1.807) is 13.2 Å². The molecule has 0 bridgehead atoms. The van der Waals surface area contributed by atoms with Crippen LogP contribution in [-0.4, -0.2) is 44.1 Å². The molecule has 1 fully saturated rings. The summed E-state index contributed by atoms with van der Waals surface area (Å²) in [6.07, 6.45) is 2.59. The molecule has 1 saturated heterocycles. The largest absolute Gasteiger partial charge is 0.493 e. The summed E-state index contributed by atoms with van der Waals surface area (Å²) in [6.45, 7) is 2.36. The second-order valence-electron chi connectivity index (χ2n) is 4.80. The molecule has 1 aromatic rings. The molecule has 1 aliphatic rings. The lowest BCUT2D eigenvalue weighted by Gasteiger charge is -2.13. The molecule has 1 heterocycles. The Morgan fingerprint density at radius 3 is 2.70 bits per heavy atom. The van der Waals surface area contributed by atoms with Gasteiger partial charge in [0.25, 0.3) is 5.91 Å². The van der Waals surface area contributed by atoms with Gasteiger partial charge in [-0.1, -0.05) is 0 Å². The number of rotatable bonds is 6. The lowest BCUT2D eigenvalue weighted by atomic mass is 10.2. The predicted molar refractivity (Wildman–Crippen MR) is 110 cm³/mol. The average molecular weight is 521 g/mol. The smallest absolute Gasteiger partial charge is 0.331 e. The number of methoxy groups -OCH3 is 2. The zero-order valence-electron chi connectivity index (χ0n) is 14.5. The van der Waals surface area contributed by atoms with Crippen molar-refractivity contribution in [2.24, 2.45) is 10.2 Å². The number of nitrogens with one attached hydrogen (secondary N) is 1. The van der Waals surface area contributed by atoms with Gasteiger partial charge in [-0.2, -0.15) is 5.10 Å². The maximum atomic E-state index is 11.8. The van der Waals surface area contributed by atoms with E-state index in [1.165, 1.54) is 13.3 Å². The molecular weight excluding hydrogens is 506 g/mol. The molecule has 11 heteroatoms. The van der Waals surface area contributed by atoms with Gasteiger partial charge in [-0.15, -0.1) is 5.10 Å². The molecule has 0 saturated carbocycles. The van der Waals surface area contributed by atoms with E-state index < -0.39 is 11.9 Å². The molecule has 0 atom stereocenters. The van der Waals surface area contributed by atoms with Gasteiger partial charge in [0.15, 0.2) is 16.7 Å². The quantitative estimate of drug-likeness (QED) is 0.267. The highest BCUT2D eigenvalue weighted by atomic mass is 79.9. The molecule has 0 unspecified atom stereocenters. The maximum absolute atomic E-state index is 11.8. The Labute approximate surface area is 176 Å². The molecule has 0 radical (unpaired) electrons. The van der Waals surface area contributed by atoms with Gasteiger partial charge < -0.3 is 14.2 Å². The molecular formula is C16H15Br2N3O5S. The summed E-state index contributed by atoms with van der Waals surface area (Å²) >= 11 is 7.93. The number of amides is 1. The Bertz CT molecular complexity index is 855. The molecule has 0 aliphatic carbocycles. The van der Waals surface area contributed by atoms with Crippen molar-refractivity contribution in [2.75, 3.05) is 20.8 Å². The number of esters is 1. The lowest BCUT2D eigenvalue weighted by molar-refractivity contribution is -0.135. The lowest BCUT2D eigenvalue weighted by Crippen LogP contribution is -2.19. The molecule has 1 aliphatic heterocycles. The number of carbonyl (C=O) groups is 2. The summed E-state index contributed by atoms with van der Waals surface area (Å²) in [6, 6.07) is 1.74. The highest BCUT2D eigenvalue weighted by Crippen LogP contribution is 2.42. The minimum Gasteiger partial charge on any atom is -0.493 e. The van der Waals surface area contributed by atoms with Crippen LogP contribution < -0.4 is 14.8 Å². The fourth-order valence-electron chi connectivity index (χ4n) is 1.91. The highest BCUT2D eigenvalue weighted by Gasteiger charge is 2.25. The van der Waals surface area contributed by atoms with E-state index in [0.717, 1.165) is 17.8 Å². The Morgan fingerprint density at radius 2 is 2.07 bits per heavy atom. The fourth-order valence-corrected chi connectivity index (χ4v) is 3.59. The summed E-state index contributed by atoms with van der Waals surface area (Å²) in [7, 11) is 2.77. The fraction of sp³-hybridized carbons (Fsp3) is 0.250. The molecule has 2 rings (SSSR count). The minimum atomic E-state index is -0.618. The highest BCUT2D eigenvalue weighted by molar-refractivity contribution is 9.13. The van der Waals surface area contributed by atoms with Gasteiger partial charge in [0.05, 0.1) is 36.4 Å². The van der Waals surface area contributed by atoms with E-state index in [1.807, 2.05) is 6.92 Å².